The SMILES string of the molecule is C=CCNC(=O)CSc1nnc(C2CC2)n1-c1cccc(NC(C)=O)c1. The van der Waals surface area contributed by atoms with Crippen molar-refractivity contribution in [1.82, 2.24) is 20.1 Å². The van der Waals surface area contributed by atoms with Crippen LogP contribution in [0, 0.1) is 0 Å². The minimum atomic E-state index is -0.123. The van der Waals surface area contributed by atoms with Crippen LogP contribution in [0.1, 0.15) is 31.5 Å². The average Bonchev–Trinajstić information content (AvgIpc) is 3.37. The highest BCUT2D eigenvalue weighted by molar-refractivity contribution is 7.99. The third-order valence-corrected chi connectivity index (χ3v) is 4.73. The summed E-state index contributed by atoms with van der Waals surface area (Å²) in [6.45, 7) is 5.50. The molecule has 1 aromatic carbocycles. The second kappa shape index (κ2) is 8.18. The van der Waals surface area contributed by atoms with Crippen molar-refractivity contribution >= 4 is 29.3 Å². The average molecular weight is 371 g/mol. The first-order valence-corrected chi connectivity index (χ1v) is 9.40. The van der Waals surface area contributed by atoms with E-state index >= 15 is 0 Å². The van der Waals surface area contributed by atoms with Gasteiger partial charge in [-0.2, -0.15) is 0 Å². The smallest absolute Gasteiger partial charge is 0.230 e. The molecule has 1 aromatic heterocycles. The molecule has 8 heteroatoms. The van der Waals surface area contributed by atoms with Crippen molar-refractivity contribution in [3.8, 4) is 5.69 Å². The zero-order chi connectivity index (χ0) is 18.5. The molecule has 0 spiro atoms. The Morgan fingerprint density at radius 2 is 2.19 bits per heavy atom. The number of thioether (sulfide) groups is 1. The van der Waals surface area contributed by atoms with Gasteiger partial charge in [-0.3, -0.25) is 14.2 Å². The minimum absolute atomic E-state index is 0.0792. The molecule has 2 aromatic rings. The molecule has 26 heavy (non-hydrogen) atoms. The first-order chi connectivity index (χ1) is 12.6. The molecule has 1 aliphatic carbocycles. The predicted molar refractivity (Wildman–Crippen MR) is 102 cm³/mol. The fraction of sp³-hybridized carbons (Fsp3) is 0.333. The Balaban J connectivity index is 1.85. The topological polar surface area (TPSA) is 88.9 Å². The fourth-order valence-electron chi connectivity index (χ4n) is 2.52. The molecule has 1 fully saturated rings. The summed E-state index contributed by atoms with van der Waals surface area (Å²) in [4.78, 5) is 23.2. The molecule has 1 aliphatic rings. The molecule has 2 N–H and O–H groups in total. The Hall–Kier alpha value is -2.61. The van der Waals surface area contributed by atoms with Crippen LogP contribution in [-0.4, -0.2) is 38.9 Å². The number of carbonyl (C=O) groups is 2. The summed E-state index contributed by atoms with van der Waals surface area (Å²) >= 11 is 1.34. The van der Waals surface area contributed by atoms with Crippen LogP contribution in [0.25, 0.3) is 5.69 Å². The second-order valence-corrected chi connectivity index (χ2v) is 7.01. The molecular formula is C18H21N5O2S. The fourth-order valence-corrected chi connectivity index (χ4v) is 3.31. The second-order valence-electron chi connectivity index (χ2n) is 6.06. The van der Waals surface area contributed by atoms with Crippen molar-refractivity contribution in [2.45, 2.75) is 30.8 Å². The van der Waals surface area contributed by atoms with Gasteiger partial charge in [0.1, 0.15) is 5.82 Å². The molecule has 3 rings (SSSR count). The molecule has 0 unspecified atom stereocenters. The Morgan fingerprint density at radius 3 is 2.88 bits per heavy atom. The first kappa shape index (κ1) is 18.2. The van der Waals surface area contributed by atoms with Crippen molar-refractivity contribution < 1.29 is 9.59 Å². The van der Waals surface area contributed by atoms with E-state index in [1.807, 2.05) is 28.8 Å². The van der Waals surface area contributed by atoms with E-state index in [1.54, 1.807) is 6.08 Å². The Labute approximate surface area is 156 Å². The van der Waals surface area contributed by atoms with Gasteiger partial charge in [-0.05, 0) is 31.0 Å². The van der Waals surface area contributed by atoms with E-state index in [0.29, 0.717) is 23.3 Å². The normalized spacial score (nSPS) is 13.3. The summed E-state index contributed by atoms with van der Waals surface area (Å²) in [5.41, 5.74) is 1.59. The van der Waals surface area contributed by atoms with Crippen LogP contribution < -0.4 is 10.6 Å². The first-order valence-electron chi connectivity index (χ1n) is 8.42. The summed E-state index contributed by atoms with van der Waals surface area (Å²) < 4.78 is 1.98. The number of nitrogens with one attached hydrogen (secondary N) is 2. The van der Waals surface area contributed by atoms with Crippen LogP contribution in [0.4, 0.5) is 5.69 Å². The number of anilines is 1. The summed E-state index contributed by atoms with van der Waals surface area (Å²) in [6, 6.07) is 7.55. The van der Waals surface area contributed by atoms with Gasteiger partial charge in [0.15, 0.2) is 5.16 Å². The van der Waals surface area contributed by atoms with Gasteiger partial charge in [0, 0.05) is 25.1 Å². The number of amides is 2. The van der Waals surface area contributed by atoms with E-state index in [9.17, 15) is 9.59 Å². The third-order valence-electron chi connectivity index (χ3n) is 3.80. The van der Waals surface area contributed by atoms with Gasteiger partial charge in [0.25, 0.3) is 0 Å². The number of carbonyl (C=O) groups excluding carboxylic acids is 2. The van der Waals surface area contributed by atoms with Crippen LogP contribution in [0.5, 0.6) is 0 Å². The largest absolute Gasteiger partial charge is 0.352 e. The summed E-state index contributed by atoms with van der Waals surface area (Å²) in [7, 11) is 0. The molecule has 1 saturated carbocycles. The van der Waals surface area contributed by atoms with E-state index < -0.39 is 0 Å². The van der Waals surface area contributed by atoms with Crippen LogP contribution in [0.2, 0.25) is 0 Å². The van der Waals surface area contributed by atoms with Gasteiger partial charge in [0.05, 0.1) is 11.4 Å². The summed E-state index contributed by atoms with van der Waals surface area (Å²) in [5.74, 6) is 1.35. The van der Waals surface area contributed by atoms with Crippen molar-refractivity contribution in [1.29, 1.82) is 0 Å². The Morgan fingerprint density at radius 1 is 1.38 bits per heavy atom. The molecule has 0 aliphatic heterocycles. The van der Waals surface area contributed by atoms with E-state index in [-0.39, 0.29) is 17.6 Å². The molecule has 2 amide bonds. The quantitative estimate of drug-likeness (QED) is 0.550. The lowest BCUT2D eigenvalue weighted by molar-refractivity contribution is -0.118. The molecule has 0 bridgehead atoms. The zero-order valence-corrected chi connectivity index (χ0v) is 15.4. The maximum absolute atomic E-state index is 11.9. The summed E-state index contributed by atoms with van der Waals surface area (Å²) in [6.07, 6.45) is 3.83. The van der Waals surface area contributed by atoms with Crippen molar-refractivity contribution in [2.75, 3.05) is 17.6 Å². The number of aromatic nitrogens is 3. The summed E-state index contributed by atoms with van der Waals surface area (Å²) in [5, 5.41) is 14.8. The number of benzene rings is 1. The number of hydrogen-bond donors (Lipinski definition) is 2. The lowest BCUT2D eigenvalue weighted by atomic mass is 10.2. The third kappa shape index (κ3) is 4.51. The van der Waals surface area contributed by atoms with Gasteiger partial charge in [-0.15, -0.1) is 16.8 Å². The highest BCUT2D eigenvalue weighted by atomic mass is 32.2. The highest BCUT2D eigenvalue weighted by Crippen LogP contribution is 2.41. The van der Waals surface area contributed by atoms with Crippen molar-refractivity contribution in [3.05, 3.63) is 42.7 Å². The molecule has 7 nitrogen and oxygen atoms in total. The molecule has 0 saturated heterocycles. The molecular weight excluding hydrogens is 350 g/mol. The van der Waals surface area contributed by atoms with Crippen LogP contribution >= 0.6 is 11.8 Å². The van der Waals surface area contributed by atoms with Crippen LogP contribution in [-0.2, 0) is 9.59 Å². The van der Waals surface area contributed by atoms with Gasteiger partial charge in [-0.25, -0.2) is 0 Å². The predicted octanol–water partition coefficient (Wildman–Crippen LogP) is 2.50. The van der Waals surface area contributed by atoms with E-state index in [1.165, 1.54) is 18.7 Å². The van der Waals surface area contributed by atoms with Gasteiger partial charge >= 0.3 is 0 Å². The Kier molecular flexibility index (Phi) is 5.72. The van der Waals surface area contributed by atoms with Crippen LogP contribution in [0.15, 0.2) is 42.1 Å². The maximum atomic E-state index is 11.9. The molecule has 0 radical (unpaired) electrons. The standard InChI is InChI=1S/C18H21N5O2S/c1-3-9-19-16(25)11-26-18-22-21-17(13-7-8-13)23(18)15-6-4-5-14(10-15)20-12(2)24/h3-6,10,13H,1,7-9,11H2,2H3,(H,19,25)(H,20,24). The minimum Gasteiger partial charge on any atom is -0.352 e. The lowest BCUT2D eigenvalue weighted by Gasteiger charge is -2.11. The van der Waals surface area contributed by atoms with Crippen LogP contribution in [0.3, 0.4) is 0 Å². The van der Waals surface area contributed by atoms with Gasteiger partial charge < -0.3 is 10.6 Å². The van der Waals surface area contributed by atoms with E-state index in [0.717, 1.165) is 24.4 Å². The zero-order valence-electron chi connectivity index (χ0n) is 14.6. The number of nitrogens with zero attached hydrogens (tertiary/aromatic N) is 3. The Bertz CT molecular complexity index is 829. The van der Waals surface area contributed by atoms with E-state index in [4.69, 9.17) is 0 Å². The monoisotopic (exact) mass is 371 g/mol. The highest BCUT2D eigenvalue weighted by Gasteiger charge is 2.31. The molecule has 1 heterocycles. The molecule has 0 atom stereocenters. The number of hydrogen-bond acceptors (Lipinski definition) is 5. The van der Waals surface area contributed by atoms with Gasteiger partial charge in [0.2, 0.25) is 11.8 Å². The van der Waals surface area contributed by atoms with Crippen molar-refractivity contribution in [3.63, 3.8) is 0 Å². The van der Waals surface area contributed by atoms with E-state index in [2.05, 4.69) is 27.4 Å². The lowest BCUT2D eigenvalue weighted by Crippen LogP contribution is -2.25. The molecule has 136 valence electrons. The van der Waals surface area contributed by atoms with Gasteiger partial charge in [-0.1, -0.05) is 23.9 Å². The maximum Gasteiger partial charge on any atom is 0.230 e. The number of rotatable bonds is 8. The van der Waals surface area contributed by atoms with Crippen molar-refractivity contribution in [2.24, 2.45) is 0 Å².